The maximum atomic E-state index is 12.9. The average molecular weight is 356 g/mol. The molecule has 0 radical (unpaired) electrons. The van der Waals surface area contributed by atoms with E-state index in [-0.39, 0.29) is 16.7 Å². The van der Waals surface area contributed by atoms with Crippen LogP contribution in [-0.4, -0.2) is 26.1 Å². The van der Waals surface area contributed by atoms with Crippen molar-refractivity contribution in [3.8, 4) is 0 Å². The quantitative estimate of drug-likeness (QED) is 0.846. The topological polar surface area (TPSA) is 46.4 Å². The zero-order valence-corrected chi connectivity index (χ0v) is 15.5. The minimum atomic E-state index is -0.126. The monoisotopic (exact) mass is 355 g/mol. The Morgan fingerprint density at radius 1 is 1.24 bits per heavy atom. The first-order valence-electron chi connectivity index (χ1n) is 9.51. The van der Waals surface area contributed by atoms with Gasteiger partial charge in [0.15, 0.2) is 5.16 Å². The highest BCUT2D eigenvalue weighted by molar-refractivity contribution is 8.00. The molecule has 0 spiro atoms. The Hall–Kier alpha value is -1.49. The van der Waals surface area contributed by atoms with Crippen LogP contribution >= 0.6 is 11.8 Å². The molecule has 4 aliphatic rings. The first kappa shape index (κ1) is 15.7. The lowest BCUT2D eigenvalue weighted by Gasteiger charge is -2.57. The first-order chi connectivity index (χ1) is 12.1. The van der Waals surface area contributed by atoms with Gasteiger partial charge >= 0.3 is 0 Å². The molecular formula is C20H25N3OS. The number of carbonyl (C=O) groups excluding carboxylic acids is 1. The Balaban J connectivity index is 1.29. The average Bonchev–Trinajstić information content (AvgIpc) is 2.96. The van der Waals surface area contributed by atoms with Crippen molar-refractivity contribution in [3.05, 3.63) is 30.6 Å². The summed E-state index contributed by atoms with van der Waals surface area (Å²) in [4.78, 5) is 17.4. The van der Waals surface area contributed by atoms with Crippen molar-refractivity contribution < 1.29 is 4.79 Å². The van der Waals surface area contributed by atoms with Gasteiger partial charge in [-0.25, -0.2) is 4.98 Å². The molecule has 4 bridgehead atoms. The molecule has 6 rings (SSSR count). The number of thioether (sulfide) groups is 1. The van der Waals surface area contributed by atoms with E-state index in [9.17, 15) is 4.79 Å². The fourth-order valence-corrected chi connectivity index (χ4v) is 6.72. The first-order valence-corrected chi connectivity index (χ1v) is 10.4. The predicted octanol–water partition coefficient (Wildman–Crippen LogP) is 3.90. The highest BCUT2D eigenvalue weighted by atomic mass is 32.2. The van der Waals surface area contributed by atoms with E-state index in [1.54, 1.807) is 11.8 Å². The number of nitrogens with zero attached hydrogens (tertiary/aromatic N) is 2. The van der Waals surface area contributed by atoms with Crippen LogP contribution in [0.5, 0.6) is 0 Å². The zero-order chi connectivity index (χ0) is 17.0. The van der Waals surface area contributed by atoms with E-state index in [1.165, 1.54) is 38.5 Å². The molecule has 2 aromatic heterocycles. The summed E-state index contributed by atoms with van der Waals surface area (Å²) >= 11 is 1.56. The van der Waals surface area contributed by atoms with Gasteiger partial charge in [-0.1, -0.05) is 17.8 Å². The van der Waals surface area contributed by atoms with E-state index in [0.29, 0.717) is 0 Å². The third kappa shape index (κ3) is 2.77. The summed E-state index contributed by atoms with van der Waals surface area (Å²) < 4.78 is 2.05. The highest BCUT2D eigenvalue weighted by Crippen LogP contribution is 2.55. The lowest BCUT2D eigenvalue weighted by atomic mass is 9.53. The fourth-order valence-electron chi connectivity index (χ4n) is 5.84. The van der Waals surface area contributed by atoms with Crippen molar-refractivity contribution in [1.29, 1.82) is 0 Å². The molecule has 4 saturated carbocycles. The van der Waals surface area contributed by atoms with Crippen LogP contribution in [0.4, 0.5) is 0 Å². The second kappa shape index (κ2) is 5.76. The number of rotatable bonds is 4. The van der Waals surface area contributed by atoms with Gasteiger partial charge in [0.05, 0.1) is 17.0 Å². The molecule has 4 nitrogen and oxygen atoms in total. The lowest BCUT2D eigenvalue weighted by molar-refractivity contribution is -0.126. The standard InChI is InChI=1S/C20H25N3OS/c1-13(25-19-21-12-17-4-2-3-5-23(17)19)18(24)22-20-9-14-6-15(10-20)8-16(7-14)11-20/h2-5,12-16H,6-11H2,1H3,(H,22,24). The second-order valence-corrected chi connectivity index (χ2v) is 9.79. The summed E-state index contributed by atoms with van der Waals surface area (Å²) in [5.41, 5.74) is 1.16. The highest BCUT2D eigenvalue weighted by Gasteiger charge is 2.51. The van der Waals surface area contributed by atoms with Crippen molar-refractivity contribution in [1.82, 2.24) is 14.7 Å². The molecule has 1 unspecified atom stereocenters. The molecule has 0 saturated heterocycles. The smallest absolute Gasteiger partial charge is 0.233 e. The van der Waals surface area contributed by atoms with E-state index in [0.717, 1.165) is 28.4 Å². The van der Waals surface area contributed by atoms with Gasteiger partial charge in [0, 0.05) is 11.7 Å². The number of nitrogens with one attached hydrogen (secondary N) is 1. The summed E-state index contributed by atoms with van der Waals surface area (Å²) in [5.74, 6) is 2.74. The van der Waals surface area contributed by atoms with Crippen molar-refractivity contribution >= 4 is 23.2 Å². The molecule has 0 aromatic carbocycles. The van der Waals surface area contributed by atoms with Crippen molar-refractivity contribution in [3.63, 3.8) is 0 Å². The predicted molar refractivity (Wildman–Crippen MR) is 99.6 cm³/mol. The maximum Gasteiger partial charge on any atom is 0.233 e. The molecule has 0 aliphatic heterocycles. The fraction of sp³-hybridized carbons (Fsp3) is 0.600. The summed E-state index contributed by atoms with van der Waals surface area (Å²) in [5, 5.41) is 4.25. The van der Waals surface area contributed by atoms with Gasteiger partial charge in [-0.05, 0) is 75.3 Å². The van der Waals surface area contributed by atoms with E-state index in [2.05, 4.69) is 14.7 Å². The number of imidazole rings is 1. The van der Waals surface area contributed by atoms with Gasteiger partial charge < -0.3 is 5.32 Å². The summed E-state index contributed by atoms with van der Waals surface area (Å²) in [6, 6.07) is 6.05. The van der Waals surface area contributed by atoms with E-state index >= 15 is 0 Å². The van der Waals surface area contributed by atoms with Crippen LogP contribution in [-0.2, 0) is 4.79 Å². The van der Waals surface area contributed by atoms with Crippen LogP contribution in [0.3, 0.4) is 0 Å². The molecule has 132 valence electrons. The minimum absolute atomic E-state index is 0.0926. The Kier molecular flexibility index (Phi) is 3.63. The Morgan fingerprint density at radius 2 is 1.92 bits per heavy atom. The molecule has 1 atom stereocenters. The van der Waals surface area contributed by atoms with Gasteiger partial charge in [-0.3, -0.25) is 9.20 Å². The maximum absolute atomic E-state index is 12.9. The number of amides is 1. The molecule has 4 fully saturated rings. The third-order valence-corrected chi connectivity index (χ3v) is 7.56. The molecule has 1 amide bonds. The number of fused-ring (bicyclic) bond motifs is 1. The van der Waals surface area contributed by atoms with E-state index in [4.69, 9.17) is 0 Å². The van der Waals surface area contributed by atoms with Crippen molar-refractivity contribution in [2.24, 2.45) is 17.8 Å². The normalized spacial score (nSPS) is 34.4. The summed E-state index contributed by atoms with van der Waals surface area (Å²) in [6.07, 6.45) is 11.7. The summed E-state index contributed by atoms with van der Waals surface area (Å²) in [7, 11) is 0. The van der Waals surface area contributed by atoms with Crippen molar-refractivity contribution in [2.45, 2.75) is 61.4 Å². The van der Waals surface area contributed by atoms with Gasteiger partial charge in [0.1, 0.15) is 0 Å². The van der Waals surface area contributed by atoms with Crippen LogP contribution in [0.15, 0.2) is 35.7 Å². The SMILES string of the molecule is CC(Sc1ncc2ccccn12)C(=O)NC12CC3CC(CC(C3)C1)C2. The number of hydrogen-bond acceptors (Lipinski definition) is 3. The van der Waals surface area contributed by atoms with Crippen LogP contribution < -0.4 is 5.32 Å². The van der Waals surface area contributed by atoms with Crippen LogP contribution in [0.25, 0.3) is 5.52 Å². The van der Waals surface area contributed by atoms with Crippen LogP contribution in [0, 0.1) is 17.8 Å². The Morgan fingerprint density at radius 3 is 2.60 bits per heavy atom. The molecule has 25 heavy (non-hydrogen) atoms. The number of aromatic nitrogens is 2. The molecule has 2 heterocycles. The van der Waals surface area contributed by atoms with Gasteiger partial charge in [-0.2, -0.15) is 0 Å². The Bertz CT molecular complexity index is 779. The molecular weight excluding hydrogens is 330 g/mol. The molecule has 5 heteroatoms. The van der Waals surface area contributed by atoms with E-state index < -0.39 is 0 Å². The third-order valence-electron chi connectivity index (χ3n) is 6.48. The van der Waals surface area contributed by atoms with Gasteiger partial charge in [-0.15, -0.1) is 0 Å². The number of carbonyl (C=O) groups is 1. The van der Waals surface area contributed by atoms with Gasteiger partial charge in [0.2, 0.25) is 5.91 Å². The van der Waals surface area contributed by atoms with Gasteiger partial charge in [0.25, 0.3) is 0 Å². The lowest BCUT2D eigenvalue weighted by Crippen LogP contribution is -2.60. The van der Waals surface area contributed by atoms with Crippen LogP contribution in [0.2, 0.25) is 0 Å². The molecule has 4 aliphatic carbocycles. The second-order valence-electron chi connectivity index (χ2n) is 8.48. The van der Waals surface area contributed by atoms with Crippen molar-refractivity contribution in [2.75, 3.05) is 0 Å². The summed E-state index contributed by atoms with van der Waals surface area (Å²) in [6.45, 7) is 2.00. The largest absolute Gasteiger partial charge is 0.350 e. The van der Waals surface area contributed by atoms with E-state index in [1.807, 2.05) is 37.5 Å². The molecule has 2 aromatic rings. The number of pyridine rings is 1. The zero-order valence-electron chi connectivity index (χ0n) is 14.6. The Labute approximate surface area is 152 Å². The molecule has 1 N–H and O–H groups in total. The minimum Gasteiger partial charge on any atom is -0.350 e. The number of hydrogen-bond donors (Lipinski definition) is 1. The van der Waals surface area contributed by atoms with Crippen LogP contribution in [0.1, 0.15) is 45.4 Å².